The van der Waals surface area contributed by atoms with Gasteiger partial charge in [-0.05, 0) is 40.9 Å². The van der Waals surface area contributed by atoms with Crippen LogP contribution in [0.25, 0.3) is 0 Å². The van der Waals surface area contributed by atoms with Crippen LogP contribution in [0.1, 0.15) is 71.6 Å². The molecule has 0 fully saturated rings. The van der Waals surface area contributed by atoms with E-state index in [1.165, 1.54) is 6.92 Å². The van der Waals surface area contributed by atoms with Crippen LogP contribution in [0.3, 0.4) is 0 Å². The summed E-state index contributed by atoms with van der Waals surface area (Å²) in [6.45, 7) is 13.5. The molecule has 2 amide bonds. The van der Waals surface area contributed by atoms with Crippen molar-refractivity contribution in [1.82, 2.24) is 5.32 Å². The molecule has 0 heterocycles. The van der Waals surface area contributed by atoms with Gasteiger partial charge in [-0.1, -0.05) is 53.7 Å². The second kappa shape index (κ2) is 9.29. The van der Waals surface area contributed by atoms with Gasteiger partial charge in [-0.3, -0.25) is 14.9 Å². The predicted octanol–water partition coefficient (Wildman–Crippen LogP) is 3.73. The van der Waals surface area contributed by atoms with E-state index in [9.17, 15) is 19.5 Å². The van der Waals surface area contributed by atoms with Gasteiger partial charge < -0.3 is 14.6 Å². The summed E-state index contributed by atoms with van der Waals surface area (Å²) in [5.74, 6) is -1.02. The quantitative estimate of drug-likeness (QED) is 0.721. The van der Waals surface area contributed by atoms with E-state index in [2.05, 4.69) is 4.74 Å². The molecule has 0 saturated heterocycles. The van der Waals surface area contributed by atoms with Crippen molar-refractivity contribution in [2.45, 2.75) is 78.2 Å². The van der Waals surface area contributed by atoms with Gasteiger partial charge in [0.1, 0.15) is 5.75 Å². The molecule has 162 valence electrons. The van der Waals surface area contributed by atoms with Crippen LogP contribution in [0.4, 0.5) is 4.79 Å². The molecule has 1 aromatic carbocycles. The van der Waals surface area contributed by atoms with Crippen LogP contribution < -0.4 is 5.32 Å². The highest BCUT2D eigenvalue weighted by Gasteiger charge is 2.27. The van der Waals surface area contributed by atoms with Crippen LogP contribution >= 0.6 is 0 Å². The highest BCUT2D eigenvalue weighted by molar-refractivity contribution is 5.94. The van der Waals surface area contributed by atoms with Gasteiger partial charge in [0, 0.05) is 6.42 Å². The lowest BCUT2D eigenvalue weighted by molar-refractivity contribution is -0.154. The third kappa shape index (κ3) is 7.07. The third-order valence-electron chi connectivity index (χ3n) is 4.49. The lowest BCUT2D eigenvalue weighted by Gasteiger charge is -2.28. The molecule has 1 rings (SSSR count). The first kappa shape index (κ1) is 24.5. The summed E-state index contributed by atoms with van der Waals surface area (Å²) in [6, 6.07) is 3.82. The minimum Gasteiger partial charge on any atom is -0.507 e. The Balaban J connectivity index is 2.92. The second-order valence-corrected chi connectivity index (χ2v) is 9.15. The van der Waals surface area contributed by atoms with Gasteiger partial charge in [-0.15, -0.1) is 0 Å². The zero-order chi connectivity index (χ0) is 22.6. The van der Waals surface area contributed by atoms with Gasteiger partial charge >= 0.3 is 12.1 Å². The fourth-order valence-electron chi connectivity index (χ4n) is 2.79. The monoisotopic (exact) mass is 407 g/mol. The molecule has 29 heavy (non-hydrogen) atoms. The van der Waals surface area contributed by atoms with Crippen molar-refractivity contribution in [3.63, 3.8) is 0 Å². The Labute approximate surface area is 172 Å². The number of aryl methyl sites for hydroxylation is 1. The van der Waals surface area contributed by atoms with E-state index in [4.69, 9.17) is 4.74 Å². The van der Waals surface area contributed by atoms with E-state index in [0.29, 0.717) is 6.42 Å². The average Bonchev–Trinajstić information content (AvgIpc) is 2.58. The number of esters is 1. The number of methoxy groups -OCH3 is 1. The number of aromatic hydroxyl groups is 1. The molecule has 7 nitrogen and oxygen atoms in total. The highest BCUT2D eigenvalue weighted by atomic mass is 16.6. The van der Waals surface area contributed by atoms with Crippen LogP contribution in [0.15, 0.2) is 12.1 Å². The summed E-state index contributed by atoms with van der Waals surface area (Å²) >= 11 is 0. The molecule has 0 bridgehead atoms. The van der Waals surface area contributed by atoms with Gasteiger partial charge in [0.25, 0.3) is 5.91 Å². The number of alkyl carbamates (subject to hydrolysis) is 1. The summed E-state index contributed by atoms with van der Waals surface area (Å²) in [5.41, 5.74) is 2.02. The van der Waals surface area contributed by atoms with Crippen molar-refractivity contribution < 1.29 is 29.0 Å². The molecule has 0 aliphatic rings. The molecule has 0 saturated carbocycles. The lowest BCUT2D eigenvalue weighted by atomic mass is 9.78. The maximum Gasteiger partial charge on any atom is 0.413 e. The van der Waals surface area contributed by atoms with E-state index in [1.807, 2.05) is 59.0 Å². The minimum atomic E-state index is -1.11. The van der Waals surface area contributed by atoms with Crippen molar-refractivity contribution in [2.75, 3.05) is 7.11 Å². The molecule has 0 aliphatic carbocycles. The number of imide groups is 1. The number of hydrogen-bond donors (Lipinski definition) is 2. The molecule has 0 aromatic heterocycles. The molecular formula is C22H33NO6. The highest BCUT2D eigenvalue weighted by Crippen LogP contribution is 2.39. The first-order chi connectivity index (χ1) is 13.2. The summed E-state index contributed by atoms with van der Waals surface area (Å²) in [4.78, 5) is 35.0. The number of carbonyl (C=O) groups excluding carboxylic acids is 3. The third-order valence-corrected chi connectivity index (χ3v) is 4.49. The summed E-state index contributed by atoms with van der Waals surface area (Å²) < 4.78 is 9.43. The number of rotatable bonds is 5. The minimum absolute atomic E-state index is 0.0633. The zero-order valence-electron chi connectivity index (χ0n) is 18.6. The SMILES string of the molecule is COC(=O)NC(=O)[C@@H](C)OC(=O)CCc1cc(C(C)(C)C)c(O)c(C(C)(C)C)c1. The van der Waals surface area contributed by atoms with Crippen LogP contribution in [0.5, 0.6) is 5.75 Å². The van der Waals surface area contributed by atoms with Gasteiger partial charge in [0.05, 0.1) is 7.11 Å². The van der Waals surface area contributed by atoms with Crippen LogP contribution in [-0.4, -0.2) is 36.3 Å². The fourth-order valence-corrected chi connectivity index (χ4v) is 2.79. The summed E-state index contributed by atoms with van der Waals surface area (Å²) in [5, 5.41) is 12.7. The second-order valence-electron chi connectivity index (χ2n) is 9.15. The average molecular weight is 408 g/mol. The maximum absolute atomic E-state index is 12.1. The van der Waals surface area contributed by atoms with E-state index in [1.54, 1.807) is 0 Å². The van der Waals surface area contributed by atoms with Gasteiger partial charge in [0.2, 0.25) is 0 Å². The molecule has 0 spiro atoms. The van der Waals surface area contributed by atoms with Crippen molar-refractivity contribution in [2.24, 2.45) is 0 Å². The van der Waals surface area contributed by atoms with Crippen molar-refractivity contribution in [3.8, 4) is 5.75 Å². The maximum atomic E-state index is 12.1. The number of carbonyl (C=O) groups is 3. The van der Waals surface area contributed by atoms with E-state index in [0.717, 1.165) is 23.8 Å². The predicted molar refractivity (Wildman–Crippen MR) is 110 cm³/mol. The first-order valence-electron chi connectivity index (χ1n) is 9.62. The molecule has 0 aliphatic heterocycles. The molecular weight excluding hydrogens is 374 g/mol. The molecule has 1 atom stereocenters. The normalized spacial score (nSPS) is 12.8. The number of phenolic OH excluding ortho intramolecular Hbond substituents is 1. The topological polar surface area (TPSA) is 102 Å². The largest absolute Gasteiger partial charge is 0.507 e. The van der Waals surface area contributed by atoms with Crippen LogP contribution in [0, 0.1) is 0 Å². The van der Waals surface area contributed by atoms with Gasteiger partial charge in [0.15, 0.2) is 6.10 Å². The molecule has 0 unspecified atom stereocenters. The van der Waals surface area contributed by atoms with Crippen molar-refractivity contribution in [1.29, 1.82) is 0 Å². The van der Waals surface area contributed by atoms with Gasteiger partial charge in [-0.2, -0.15) is 0 Å². The van der Waals surface area contributed by atoms with Crippen LogP contribution in [0.2, 0.25) is 0 Å². The number of hydrogen-bond acceptors (Lipinski definition) is 6. The number of ether oxygens (including phenoxy) is 2. The molecule has 0 radical (unpaired) electrons. The first-order valence-corrected chi connectivity index (χ1v) is 9.62. The Morgan fingerprint density at radius 1 is 1.03 bits per heavy atom. The van der Waals surface area contributed by atoms with Crippen molar-refractivity contribution >= 4 is 18.0 Å². The fraction of sp³-hybridized carbons (Fsp3) is 0.591. The Kier molecular flexibility index (Phi) is 7.83. The standard InChI is InChI=1S/C22H33NO6/c1-13(19(26)23-20(27)28-8)29-17(24)10-9-14-11-15(21(2,3)4)18(25)16(12-14)22(5,6)7/h11-13,25H,9-10H2,1-8H3,(H,23,26,27)/t13-/m1/s1. The van der Waals surface area contributed by atoms with E-state index < -0.39 is 24.1 Å². The number of amides is 2. The molecule has 7 heteroatoms. The van der Waals surface area contributed by atoms with Crippen LogP contribution in [-0.2, 0) is 36.3 Å². The van der Waals surface area contributed by atoms with Crippen molar-refractivity contribution in [3.05, 3.63) is 28.8 Å². The molecule has 1 aromatic rings. The summed E-state index contributed by atoms with van der Waals surface area (Å²) in [7, 11) is 1.13. The number of phenols is 1. The smallest absolute Gasteiger partial charge is 0.413 e. The van der Waals surface area contributed by atoms with E-state index >= 15 is 0 Å². The zero-order valence-corrected chi connectivity index (χ0v) is 18.6. The number of nitrogens with one attached hydrogen (secondary N) is 1. The Hall–Kier alpha value is -2.57. The number of benzene rings is 1. The van der Waals surface area contributed by atoms with Gasteiger partial charge in [-0.25, -0.2) is 4.79 Å². The summed E-state index contributed by atoms with van der Waals surface area (Å²) in [6.07, 6.45) is -1.56. The lowest BCUT2D eigenvalue weighted by Crippen LogP contribution is -2.39. The Morgan fingerprint density at radius 3 is 1.93 bits per heavy atom. The van der Waals surface area contributed by atoms with E-state index in [-0.39, 0.29) is 23.0 Å². The Morgan fingerprint density at radius 2 is 1.52 bits per heavy atom. The molecule has 2 N–H and O–H groups in total. The Bertz CT molecular complexity index is 735.